The predicted molar refractivity (Wildman–Crippen MR) is 207 cm³/mol. The zero-order valence-electron chi connectivity index (χ0n) is 28.8. The van der Waals surface area contributed by atoms with Crippen LogP contribution in [0.3, 0.4) is 0 Å². The summed E-state index contributed by atoms with van der Waals surface area (Å²) in [6.07, 6.45) is 11.9. The van der Waals surface area contributed by atoms with Gasteiger partial charge in [-0.25, -0.2) is 0 Å². The highest BCUT2D eigenvalue weighted by atomic mass is 32.1. The minimum Gasteiger partial charge on any atom is -0.397 e. The quantitative estimate of drug-likeness (QED) is 0.117. The number of aryl methyl sites for hydroxylation is 2. The van der Waals surface area contributed by atoms with Gasteiger partial charge >= 0.3 is 0 Å². The summed E-state index contributed by atoms with van der Waals surface area (Å²) in [5.74, 6) is 0. The van der Waals surface area contributed by atoms with E-state index in [1.54, 1.807) is 0 Å². The maximum absolute atomic E-state index is 7.24. The number of anilines is 2. The van der Waals surface area contributed by atoms with E-state index in [9.17, 15) is 0 Å². The number of hydrogen-bond donors (Lipinski definition) is 4. The van der Waals surface area contributed by atoms with E-state index in [-0.39, 0.29) is 12.2 Å². The molecule has 2 unspecified atom stereocenters. The van der Waals surface area contributed by atoms with Gasteiger partial charge in [0.1, 0.15) is 6.17 Å². The Bertz CT molecular complexity index is 1710. The Labute approximate surface area is 293 Å². The van der Waals surface area contributed by atoms with Crippen molar-refractivity contribution in [3.8, 4) is 0 Å². The highest BCUT2D eigenvalue weighted by Gasteiger charge is 2.41. The molecule has 0 spiro atoms. The van der Waals surface area contributed by atoms with Crippen LogP contribution in [0.5, 0.6) is 0 Å². The van der Waals surface area contributed by atoms with Crippen LogP contribution >= 0.6 is 12.8 Å². The molecule has 0 aromatic heterocycles. The molecule has 0 bridgehead atoms. The first-order valence-electron chi connectivity index (χ1n) is 18.4. The molecule has 7 heteroatoms. The minimum atomic E-state index is -0.165. The van der Waals surface area contributed by atoms with Crippen molar-refractivity contribution in [2.75, 3.05) is 36.0 Å². The molecule has 0 amide bonds. The van der Waals surface area contributed by atoms with Gasteiger partial charge in [-0.1, -0.05) is 94.8 Å². The molecule has 252 valence electrons. The predicted octanol–water partition coefficient (Wildman–Crippen LogP) is 8.21. The average Bonchev–Trinajstić information content (AvgIpc) is 3.56. The summed E-state index contributed by atoms with van der Waals surface area (Å²) < 4.78 is 3.25. The lowest BCUT2D eigenvalue weighted by molar-refractivity contribution is 0.607. The number of fused-ring (bicyclic) bond motifs is 3. The van der Waals surface area contributed by atoms with Gasteiger partial charge in [0, 0.05) is 48.7 Å². The second-order valence-electron chi connectivity index (χ2n) is 13.9. The molecule has 3 aliphatic heterocycles. The normalized spacial score (nSPS) is 20.4. The van der Waals surface area contributed by atoms with E-state index >= 15 is 0 Å². The van der Waals surface area contributed by atoms with Crippen LogP contribution in [-0.2, 0) is 12.8 Å². The van der Waals surface area contributed by atoms with Crippen LogP contribution < -0.4 is 25.6 Å². The molecule has 1 aliphatic carbocycles. The summed E-state index contributed by atoms with van der Waals surface area (Å²) >= 11 is 4.69. The summed E-state index contributed by atoms with van der Waals surface area (Å²) in [5.41, 5.74) is 21.0. The maximum Gasteiger partial charge on any atom is 0.126 e. The van der Waals surface area contributed by atoms with Crippen LogP contribution in [-0.4, -0.2) is 37.9 Å². The van der Waals surface area contributed by atoms with E-state index < -0.39 is 0 Å². The van der Waals surface area contributed by atoms with Crippen molar-refractivity contribution in [3.63, 3.8) is 0 Å². The second kappa shape index (κ2) is 14.8. The first-order chi connectivity index (χ1) is 23.6. The molecule has 6 nitrogen and oxygen atoms in total. The average molecular weight is 661 g/mol. The molecule has 2 atom stereocenters. The van der Waals surface area contributed by atoms with E-state index in [1.165, 1.54) is 73.9 Å². The standard InChI is InChI=1S/C41H52N6S/c1-3-5-10-22-46-24-12-16-29-26-31(18-20-33(29)46)35-37(42)38(45-48)36(40-39(35)43-41(44-40)28-14-8-7-9-15-28)32-19-21-34-30(27-32)17-13-25-47(34)23-11-6-4-2/h7-9,14-15,18-21,26-27,39,41,43,45,48H,3-6,10-13,16-17,22-25,42H2,1-2H3. The van der Waals surface area contributed by atoms with Crippen molar-refractivity contribution >= 4 is 41.0 Å². The fraction of sp³-hybridized carbons (Fsp3) is 0.439. The Morgan fingerprint density at radius 3 is 2.02 bits per heavy atom. The van der Waals surface area contributed by atoms with Crippen molar-refractivity contribution < 1.29 is 0 Å². The first kappa shape index (κ1) is 32.8. The van der Waals surface area contributed by atoms with Crippen LogP contribution in [0.25, 0.3) is 11.1 Å². The van der Waals surface area contributed by atoms with Gasteiger partial charge in [-0.05, 0) is 90.6 Å². The van der Waals surface area contributed by atoms with Gasteiger partial charge in [-0.3, -0.25) is 10.3 Å². The lowest BCUT2D eigenvalue weighted by atomic mass is 9.80. The molecular weight excluding hydrogens is 609 g/mol. The molecule has 0 saturated heterocycles. The third-order valence-corrected chi connectivity index (χ3v) is 10.9. The fourth-order valence-electron chi connectivity index (χ4n) is 8.25. The van der Waals surface area contributed by atoms with E-state index in [1.807, 2.05) is 0 Å². The molecule has 4 N–H and O–H groups in total. The zero-order chi connectivity index (χ0) is 33.0. The van der Waals surface area contributed by atoms with Crippen molar-refractivity contribution in [1.29, 1.82) is 0 Å². The van der Waals surface area contributed by atoms with Crippen LogP contribution in [0.4, 0.5) is 11.4 Å². The summed E-state index contributed by atoms with van der Waals surface area (Å²) in [6, 6.07) is 24.4. The number of aliphatic imine (C=N–C) groups is 1. The minimum absolute atomic E-state index is 0.139. The Kier molecular flexibility index (Phi) is 10.2. The van der Waals surface area contributed by atoms with Gasteiger partial charge in [-0.2, -0.15) is 0 Å². The summed E-state index contributed by atoms with van der Waals surface area (Å²) in [5, 5.41) is 3.91. The fourth-order valence-corrected chi connectivity index (χ4v) is 8.48. The van der Waals surface area contributed by atoms with Gasteiger partial charge in [0.15, 0.2) is 0 Å². The third-order valence-electron chi connectivity index (χ3n) is 10.7. The van der Waals surface area contributed by atoms with E-state index in [4.69, 9.17) is 10.7 Å². The Morgan fingerprint density at radius 1 is 0.812 bits per heavy atom. The number of thiol groups is 1. The Balaban J connectivity index is 1.31. The SMILES string of the molecule is CCCCCN1CCCc2cc(C3=C(NS)C(N)=C(c4ccc5c(c4)CCCN5CCCCC)C4NC(c5ccccc5)N=C34)ccc21. The van der Waals surface area contributed by atoms with Crippen molar-refractivity contribution in [1.82, 2.24) is 10.0 Å². The largest absolute Gasteiger partial charge is 0.397 e. The van der Waals surface area contributed by atoms with Crippen molar-refractivity contribution in [2.24, 2.45) is 10.7 Å². The highest BCUT2D eigenvalue weighted by Crippen LogP contribution is 2.43. The lowest BCUT2D eigenvalue weighted by Crippen LogP contribution is -2.39. The van der Waals surface area contributed by atoms with Crippen LogP contribution in [0.2, 0.25) is 0 Å². The summed E-state index contributed by atoms with van der Waals surface area (Å²) in [7, 11) is 0. The number of benzene rings is 3. The molecule has 3 aromatic carbocycles. The van der Waals surface area contributed by atoms with E-state index in [0.29, 0.717) is 0 Å². The maximum atomic E-state index is 7.24. The summed E-state index contributed by atoms with van der Waals surface area (Å²) in [6.45, 7) is 9.07. The lowest BCUT2D eigenvalue weighted by Gasteiger charge is -2.34. The number of nitrogens with one attached hydrogen (secondary N) is 2. The smallest absolute Gasteiger partial charge is 0.126 e. The van der Waals surface area contributed by atoms with Crippen LogP contribution in [0.1, 0.15) is 99.2 Å². The molecule has 48 heavy (non-hydrogen) atoms. The topological polar surface area (TPSA) is 68.9 Å². The molecular formula is C41H52N6S. The second-order valence-corrected chi connectivity index (χ2v) is 14.1. The number of nitrogens with two attached hydrogens (primary N) is 1. The van der Waals surface area contributed by atoms with Gasteiger partial charge in [-0.15, -0.1) is 0 Å². The molecule has 4 aliphatic rings. The van der Waals surface area contributed by atoms with Gasteiger partial charge in [0.05, 0.1) is 23.1 Å². The number of unbranched alkanes of at least 4 members (excludes halogenated alkanes) is 4. The van der Waals surface area contributed by atoms with Crippen LogP contribution in [0.15, 0.2) is 83.1 Å². The van der Waals surface area contributed by atoms with Gasteiger partial charge in [0.2, 0.25) is 0 Å². The molecule has 3 heterocycles. The van der Waals surface area contributed by atoms with E-state index in [0.717, 1.165) is 84.0 Å². The van der Waals surface area contributed by atoms with Crippen molar-refractivity contribution in [2.45, 2.75) is 90.3 Å². The van der Waals surface area contributed by atoms with E-state index in [2.05, 4.69) is 113 Å². The summed E-state index contributed by atoms with van der Waals surface area (Å²) in [4.78, 5) is 10.6. The molecule has 0 fully saturated rings. The van der Waals surface area contributed by atoms with Crippen molar-refractivity contribution in [3.05, 3.63) is 106 Å². The molecule has 0 radical (unpaired) electrons. The number of nitrogens with zero attached hydrogens (tertiary/aromatic N) is 3. The van der Waals surface area contributed by atoms with Gasteiger partial charge < -0.3 is 20.3 Å². The molecule has 7 rings (SSSR count). The molecule has 3 aromatic rings. The Morgan fingerprint density at radius 2 is 1.42 bits per heavy atom. The first-order valence-corrected chi connectivity index (χ1v) is 18.9. The monoisotopic (exact) mass is 660 g/mol. The highest BCUT2D eigenvalue weighted by molar-refractivity contribution is 7.78. The third kappa shape index (κ3) is 6.39. The zero-order valence-corrected chi connectivity index (χ0v) is 29.7. The van der Waals surface area contributed by atoms with Crippen LogP contribution in [0, 0.1) is 0 Å². The number of hydrogen-bond acceptors (Lipinski definition) is 7. The van der Waals surface area contributed by atoms with Gasteiger partial charge in [0.25, 0.3) is 0 Å². The Hall–Kier alpha value is -3.68. The molecule has 0 saturated carbocycles. The number of rotatable bonds is 12.